The standard InChI is InChI=1S/C20H24BrN3O4/c1-5-16(23-15-8-6-7-14(21)11-15)20(25)24-22-12-13-9-17(26-2)19(28-4)18(10-13)27-3/h6-12,16,23H,5H2,1-4H3,(H,24,25)/t16-/m1/s1. The Labute approximate surface area is 173 Å². The minimum atomic E-state index is -0.411. The number of anilines is 1. The highest BCUT2D eigenvalue weighted by molar-refractivity contribution is 9.10. The summed E-state index contributed by atoms with van der Waals surface area (Å²) in [5, 5.41) is 7.25. The Hall–Kier alpha value is -2.74. The normalized spacial score (nSPS) is 11.8. The highest BCUT2D eigenvalue weighted by atomic mass is 79.9. The van der Waals surface area contributed by atoms with Gasteiger partial charge in [0.05, 0.1) is 27.5 Å². The first-order valence-corrected chi connectivity index (χ1v) is 9.46. The fourth-order valence-electron chi connectivity index (χ4n) is 2.56. The van der Waals surface area contributed by atoms with Gasteiger partial charge in [0.25, 0.3) is 5.91 Å². The van der Waals surface area contributed by atoms with E-state index in [1.807, 2.05) is 31.2 Å². The number of ether oxygens (including phenoxy) is 3. The highest BCUT2D eigenvalue weighted by Gasteiger charge is 2.16. The Balaban J connectivity index is 2.07. The maximum atomic E-state index is 12.4. The van der Waals surface area contributed by atoms with E-state index in [0.29, 0.717) is 29.2 Å². The molecule has 0 fully saturated rings. The molecule has 1 atom stereocenters. The van der Waals surface area contributed by atoms with Crippen molar-refractivity contribution in [2.24, 2.45) is 5.10 Å². The van der Waals surface area contributed by atoms with Crippen molar-refractivity contribution >= 4 is 33.7 Å². The van der Waals surface area contributed by atoms with E-state index in [1.54, 1.807) is 26.4 Å². The molecule has 2 N–H and O–H groups in total. The third-order valence-electron chi connectivity index (χ3n) is 3.97. The van der Waals surface area contributed by atoms with Gasteiger partial charge < -0.3 is 19.5 Å². The Kier molecular flexibility index (Phi) is 8.13. The molecule has 7 nitrogen and oxygen atoms in total. The summed E-state index contributed by atoms with van der Waals surface area (Å²) >= 11 is 3.42. The van der Waals surface area contributed by atoms with E-state index in [9.17, 15) is 4.79 Å². The first-order chi connectivity index (χ1) is 13.5. The van der Waals surface area contributed by atoms with Gasteiger partial charge >= 0.3 is 0 Å². The number of halogens is 1. The van der Waals surface area contributed by atoms with Crippen molar-refractivity contribution in [2.75, 3.05) is 26.6 Å². The van der Waals surface area contributed by atoms with E-state index >= 15 is 0 Å². The van der Waals surface area contributed by atoms with Crippen molar-refractivity contribution in [3.05, 3.63) is 46.4 Å². The highest BCUT2D eigenvalue weighted by Crippen LogP contribution is 2.37. The number of carbonyl (C=O) groups excluding carboxylic acids is 1. The van der Waals surface area contributed by atoms with Crippen LogP contribution in [-0.4, -0.2) is 39.5 Å². The lowest BCUT2D eigenvalue weighted by atomic mass is 10.2. The molecular formula is C20H24BrN3O4. The summed E-state index contributed by atoms with van der Waals surface area (Å²) in [6.45, 7) is 1.93. The molecule has 28 heavy (non-hydrogen) atoms. The number of benzene rings is 2. The minimum absolute atomic E-state index is 0.230. The van der Waals surface area contributed by atoms with Gasteiger partial charge in [-0.1, -0.05) is 28.9 Å². The van der Waals surface area contributed by atoms with Crippen molar-refractivity contribution in [3.8, 4) is 17.2 Å². The van der Waals surface area contributed by atoms with Crippen LogP contribution in [-0.2, 0) is 4.79 Å². The van der Waals surface area contributed by atoms with Crippen LogP contribution in [0.1, 0.15) is 18.9 Å². The van der Waals surface area contributed by atoms with Crippen LogP contribution >= 0.6 is 15.9 Å². The van der Waals surface area contributed by atoms with E-state index in [-0.39, 0.29) is 5.91 Å². The molecule has 1 amide bonds. The molecule has 0 spiro atoms. The van der Waals surface area contributed by atoms with Crippen molar-refractivity contribution in [2.45, 2.75) is 19.4 Å². The summed E-state index contributed by atoms with van der Waals surface area (Å²) in [4.78, 5) is 12.4. The van der Waals surface area contributed by atoms with Crippen LogP contribution in [0.25, 0.3) is 0 Å². The number of hydrogen-bond donors (Lipinski definition) is 2. The van der Waals surface area contributed by atoms with E-state index in [0.717, 1.165) is 10.2 Å². The number of carbonyl (C=O) groups is 1. The Morgan fingerprint density at radius 1 is 1.14 bits per heavy atom. The van der Waals surface area contributed by atoms with E-state index in [1.165, 1.54) is 13.3 Å². The average Bonchev–Trinajstić information content (AvgIpc) is 2.71. The number of methoxy groups -OCH3 is 3. The van der Waals surface area contributed by atoms with Crippen LogP contribution in [0, 0.1) is 0 Å². The van der Waals surface area contributed by atoms with Crippen LogP contribution in [0.15, 0.2) is 46.0 Å². The zero-order valence-electron chi connectivity index (χ0n) is 16.3. The second-order valence-corrected chi connectivity index (χ2v) is 6.72. The van der Waals surface area contributed by atoms with Crippen molar-refractivity contribution < 1.29 is 19.0 Å². The lowest BCUT2D eigenvalue weighted by Gasteiger charge is -2.16. The summed E-state index contributed by atoms with van der Waals surface area (Å²) in [6.07, 6.45) is 2.13. The van der Waals surface area contributed by atoms with E-state index in [4.69, 9.17) is 14.2 Å². The first-order valence-electron chi connectivity index (χ1n) is 8.67. The Bertz CT molecular complexity index is 817. The molecule has 0 aliphatic rings. The number of amides is 1. The number of nitrogens with one attached hydrogen (secondary N) is 2. The maximum Gasteiger partial charge on any atom is 0.262 e. The molecule has 2 aromatic carbocycles. The summed E-state index contributed by atoms with van der Waals surface area (Å²) in [5.41, 5.74) is 4.11. The van der Waals surface area contributed by atoms with Gasteiger partial charge in [-0.3, -0.25) is 4.79 Å². The predicted octanol–water partition coefficient (Wildman–Crippen LogP) is 3.82. The van der Waals surface area contributed by atoms with Crippen molar-refractivity contribution in [3.63, 3.8) is 0 Å². The molecule has 0 bridgehead atoms. The molecule has 0 aliphatic carbocycles. The average molecular weight is 450 g/mol. The van der Waals surface area contributed by atoms with Gasteiger partial charge in [-0.2, -0.15) is 5.10 Å². The first kappa shape index (κ1) is 21.6. The van der Waals surface area contributed by atoms with Crippen LogP contribution in [0.3, 0.4) is 0 Å². The van der Waals surface area contributed by atoms with Gasteiger partial charge in [-0.05, 0) is 36.8 Å². The van der Waals surface area contributed by atoms with Gasteiger partial charge in [-0.25, -0.2) is 5.43 Å². The van der Waals surface area contributed by atoms with Crippen LogP contribution in [0.2, 0.25) is 0 Å². The lowest BCUT2D eigenvalue weighted by Crippen LogP contribution is -2.36. The Morgan fingerprint density at radius 2 is 1.82 bits per heavy atom. The molecule has 2 rings (SSSR count). The van der Waals surface area contributed by atoms with E-state index in [2.05, 4.69) is 31.8 Å². The fourth-order valence-corrected chi connectivity index (χ4v) is 2.96. The van der Waals surface area contributed by atoms with Gasteiger partial charge in [0.2, 0.25) is 5.75 Å². The van der Waals surface area contributed by atoms with Crippen molar-refractivity contribution in [1.29, 1.82) is 0 Å². The minimum Gasteiger partial charge on any atom is -0.493 e. The SMILES string of the molecule is CC[C@@H](Nc1cccc(Br)c1)C(=O)NN=Cc1cc(OC)c(OC)c(OC)c1. The van der Waals surface area contributed by atoms with E-state index < -0.39 is 6.04 Å². The van der Waals surface area contributed by atoms with Gasteiger partial charge in [0.15, 0.2) is 11.5 Å². The monoisotopic (exact) mass is 449 g/mol. The zero-order valence-corrected chi connectivity index (χ0v) is 17.9. The van der Waals surface area contributed by atoms with Crippen LogP contribution in [0.5, 0.6) is 17.2 Å². The van der Waals surface area contributed by atoms with Gasteiger partial charge in [-0.15, -0.1) is 0 Å². The summed E-state index contributed by atoms with van der Waals surface area (Å²) in [7, 11) is 4.62. The molecule has 8 heteroatoms. The summed E-state index contributed by atoms with van der Waals surface area (Å²) in [5.74, 6) is 1.29. The second-order valence-electron chi connectivity index (χ2n) is 5.81. The van der Waals surface area contributed by atoms with Crippen LogP contribution < -0.4 is 25.0 Å². The molecule has 150 valence electrons. The topological polar surface area (TPSA) is 81.2 Å². The predicted molar refractivity (Wildman–Crippen MR) is 114 cm³/mol. The molecular weight excluding hydrogens is 426 g/mol. The van der Waals surface area contributed by atoms with Crippen molar-refractivity contribution in [1.82, 2.24) is 5.43 Å². The number of hydrazone groups is 1. The smallest absolute Gasteiger partial charge is 0.262 e. The molecule has 2 aromatic rings. The second kappa shape index (κ2) is 10.6. The summed E-state index contributed by atoms with van der Waals surface area (Å²) in [6, 6.07) is 10.7. The number of rotatable bonds is 9. The lowest BCUT2D eigenvalue weighted by molar-refractivity contribution is -0.121. The summed E-state index contributed by atoms with van der Waals surface area (Å²) < 4.78 is 16.9. The van der Waals surface area contributed by atoms with Gasteiger partial charge in [0.1, 0.15) is 6.04 Å². The number of hydrogen-bond acceptors (Lipinski definition) is 6. The zero-order chi connectivity index (χ0) is 20.5. The van der Waals surface area contributed by atoms with Gasteiger partial charge in [0, 0.05) is 15.7 Å². The molecule has 0 radical (unpaired) electrons. The van der Waals surface area contributed by atoms with Crippen LogP contribution in [0.4, 0.5) is 5.69 Å². The fraction of sp³-hybridized carbons (Fsp3) is 0.300. The molecule has 0 saturated carbocycles. The Morgan fingerprint density at radius 3 is 2.36 bits per heavy atom. The molecule has 0 heterocycles. The molecule has 0 unspecified atom stereocenters. The third kappa shape index (κ3) is 5.63. The molecule has 0 aromatic heterocycles. The number of nitrogens with zero attached hydrogens (tertiary/aromatic N) is 1. The molecule has 0 saturated heterocycles. The maximum absolute atomic E-state index is 12.4. The quantitative estimate of drug-likeness (QED) is 0.449. The largest absolute Gasteiger partial charge is 0.493 e. The molecule has 0 aliphatic heterocycles. The third-order valence-corrected chi connectivity index (χ3v) is 4.46.